The van der Waals surface area contributed by atoms with Crippen molar-refractivity contribution < 1.29 is 33.1 Å². The van der Waals surface area contributed by atoms with Crippen LogP contribution in [0.2, 0.25) is 0 Å². The van der Waals surface area contributed by atoms with Crippen molar-refractivity contribution in [1.82, 2.24) is 5.23 Å². The molecule has 1 heterocycles. The average Bonchev–Trinajstić information content (AvgIpc) is 2.73. The third-order valence-corrected chi connectivity index (χ3v) is 7.10. The number of methoxy groups -OCH3 is 1. The summed E-state index contributed by atoms with van der Waals surface area (Å²) in [6, 6.07) is 13.7. The van der Waals surface area contributed by atoms with Crippen molar-refractivity contribution in [2.75, 3.05) is 20.3 Å². The summed E-state index contributed by atoms with van der Waals surface area (Å²) in [7, 11) is -2.29. The van der Waals surface area contributed by atoms with Gasteiger partial charge in [0.05, 0.1) is 29.8 Å². The summed E-state index contributed by atoms with van der Waals surface area (Å²) in [5.41, 5.74) is 1.73. The van der Waals surface area contributed by atoms with Crippen LogP contribution in [0.3, 0.4) is 0 Å². The minimum atomic E-state index is -3.87. The monoisotopic (exact) mass is 407 g/mol. The van der Waals surface area contributed by atoms with Crippen LogP contribution in [0.25, 0.3) is 11.1 Å². The summed E-state index contributed by atoms with van der Waals surface area (Å²) in [5.74, 6) is -1.57. The molecule has 0 aromatic heterocycles. The first-order chi connectivity index (χ1) is 13.3. The Balaban J connectivity index is 1.87. The van der Waals surface area contributed by atoms with Crippen LogP contribution >= 0.6 is 0 Å². The summed E-state index contributed by atoms with van der Waals surface area (Å²) in [6.07, 6.45) is 0.0901. The maximum absolute atomic E-state index is 13.0. The molecule has 1 saturated heterocycles. The molecule has 1 aliphatic rings. The maximum Gasteiger partial charge on any atom is 0.279 e. The van der Waals surface area contributed by atoms with E-state index in [2.05, 4.69) is 0 Å². The first-order valence-corrected chi connectivity index (χ1v) is 10.2. The Labute approximate surface area is 162 Å². The van der Waals surface area contributed by atoms with Gasteiger partial charge in [-0.3, -0.25) is 15.2 Å². The Kier molecular flexibility index (Phi) is 5.99. The Bertz CT molecular complexity index is 924. The number of ether oxygens (including phenoxy) is 2. The molecule has 0 radical (unpaired) electrons. The number of carbonyl (C=O) groups is 1. The SMILES string of the molecule is COc1ccc(-c2ccc(S(=O)(=O)C3CCOCC3C(=O)N(O)O)cc2)cc1. The Morgan fingerprint density at radius 1 is 1.07 bits per heavy atom. The predicted molar refractivity (Wildman–Crippen MR) is 98.7 cm³/mol. The number of hydrogen-bond acceptors (Lipinski definition) is 7. The van der Waals surface area contributed by atoms with E-state index in [0.717, 1.165) is 16.9 Å². The van der Waals surface area contributed by atoms with E-state index in [4.69, 9.17) is 19.9 Å². The van der Waals surface area contributed by atoms with Gasteiger partial charge in [-0.1, -0.05) is 29.5 Å². The van der Waals surface area contributed by atoms with Crippen LogP contribution in [0.15, 0.2) is 53.4 Å². The zero-order valence-corrected chi connectivity index (χ0v) is 16.0. The molecule has 1 fully saturated rings. The van der Waals surface area contributed by atoms with Gasteiger partial charge in [0.25, 0.3) is 5.91 Å². The van der Waals surface area contributed by atoms with Gasteiger partial charge in [0, 0.05) is 6.61 Å². The smallest absolute Gasteiger partial charge is 0.279 e. The van der Waals surface area contributed by atoms with Crippen LogP contribution in [-0.4, -0.2) is 55.5 Å². The quantitative estimate of drug-likeness (QED) is 0.577. The van der Waals surface area contributed by atoms with Crippen molar-refractivity contribution in [3.05, 3.63) is 48.5 Å². The number of nitrogens with zero attached hydrogens (tertiary/aromatic N) is 1. The molecule has 2 unspecified atom stereocenters. The highest BCUT2D eigenvalue weighted by molar-refractivity contribution is 7.92. The second kappa shape index (κ2) is 8.27. The number of rotatable bonds is 5. The molecule has 150 valence electrons. The second-order valence-corrected chi connectivity index (χ2v) is 8.60. The zero-order chi connectivity index (χ0) is 20.3. The molecule has 1 amide bonds. The normalized spacial score (nSPS) is 19.8. The lowest BCUT2D eigenvalue weighted by molar-refractivity contribution is -0.289. The minimum absolute atomic E-state index is 0.0666. The van der Waals surface area contributed by atoms with Gasteiger partial charge in [-0.15, -0.1) is 0 Å². The molecule has 8 nitrogen and oxygen atoms in total. The van der Waals surface area contributed by atoms with Crippen molar-refractivity contribution in [3.8, 4) is 16.9 Å². The van der Waals surface area contributed by atoms with Crippen LogP contribution in [0.5, 0.6) is 5.75 Å². The molecular formula is C19H21NO7S. The van der Waals surface area contributed by atoms with Gasteiger partial charge in [-0.2, -0.15) is 0 Å². The van der Waals surface area contributed by atoms with E-state index in [9.17, 15) is 13.2 Å². The molecular weight excluding hydrogens is 386 g/mol. The Hall–Kier alpha value is -2.46. The highest BCUT2D eigenvalue weighted by Crippen LogP contribution is 2.30. The van der Waals surface area contributed by atoms with Crippen LogP contribution in [-0.2, 0) is 19.4 Å². The van der Waals surface area contributed by atoms with Crippen molar-refractivity contribution >= 4 is 15.7 Å². The standard InChI is InChI=1S/C19H21NO7S/c1-26-15-6-2-13(3-7-15)14-4-8-16(9-5-14)28(24,25)18-10-11-27-12-17(18)19(21)20(22)23/h2-9,17-18,22-23H,10-12H2,1H3. The molecule has 2 aromatic carbocycles. The lowest BCUT2D eigenvalue weighted by Gasteiger charge is -2.30. The lowest BCUT2D eigenvalue weighted by atomic mass is 10.0. The van der Waals surface area contributed by atoms with E-state index in [1.165, 1.54) is 12.1 Å². The number of hydroxylamine groups is 2. The van der Waals surface area contributed by atoms with Gasteiger partial charge in [0.2, 0.25) is 0 Å². The Morgan fingerprint density at radius 2 is 1.64 bits per heavy atom. The molecule has 2 aromatic rings. The van der Waals surface area contributed by atoms with Crippen molar-refractivity contribution in [2.24, 2.45) is 5.92 Å². The molecule has 2 N–H and O–H groups in total. The topological polar surface area (TPSA) is 113 Å². The van der Waals surface area contributed by atoms with E-state index in [1.54, 1.807) is 19.2 Å². The van der Waals surface area contributed by atoms with Gasteiger partial charge < -0.3 is 9.47 Å². The molecule has 2 atom stereocenters. The van der Waals surface area contributed by atoms with Gasteiger partial charge in [0.1, 0.15) is 5.75 Å². The van der Waals surface area contributed by atoms with E-state index in [0.29, 0.717) is 0 Å². The summed E-state index contributed by atoms with van der Waals surface area (Å²) in [6.45, 7) is -0.0151. The maximum atomic E-state index is 13.0. The highest BCUT2D eigenvalue weighted by atomic mass is 32.2. The summed E-state index contributed by atoms with van der Waals surface area (Å²) in [5, 5.41) is 16.3. The number of benzene rings is 2. The van der Waals surface area contributed by atoms with Crippen molar-refractivity contribution in [1.29, 1.82) is 0 Å². The van der Waals surface area contributed by atoms with Crippen LogP contribution in [0, 0.1) is 5.92 Å². The summed E-state index contributed by atoms with van der Waals surface area (Å²) in [4.78, 5) is 12.0. The molecule has 0 bridgehead atoms. The van der Waals surface area contributed by atoms with Gasteiger partial charge in [-0.25, -0.2) is 8.42 Å². The fourth-order valence-corrected chi connectivity index (χ4v) is 5.16. The Morgan fingerprint density at radius 3 is 2.18 bits per heavy atom. The van der Waals surface area contributed by atoms with Gasteiger partial charge in [-0.05, 0) is 41.8 Å². The highest BCUT2D eigenvalue weighted by Gasteiger charge is 2.42. The fourth-order valence-electron chi connectivity index (χ4n) is 3.26. The lowest BCUT2D eigenvalue weighted by Crippen LogP contribution is -2.46. The molecule has 28 heavy (non-hydrogen) atoms. The van der Waals surface area contributed by atoms with Crippen LogP contribution in [0.1, 0.15) is 6.42 Å². The van der Waals surface area contributed by atoms with Gasteiger partial charge in [0.15, 0.2) is 9.84 Å². The zero-order valence-electron chi connectivity index (χ0n) is 15.2. The van der Waals surface area contributed by atoms with E-state index in [-0.39, 0.29) is 24.5 Å². The largest absolute Gasteiger partial charge is 0.497 e. The minimum Gasteiger partial charge on any atom is -0.497 e. The van der Waals surface area contributed by atoms with Crippen LogP contribution < -0.4 is 4.74 Å². The number of sulfone groups is 1. The summed E-state index contributed by atoms with van der Waals surface area (Å²) >= 11 is 0. The van der Waals surface area contributed by atoms with Crippen molar-refractivity contribution in [2.45, 2.75) is 16.6 Å². The molecule has 0 spiro atoms. The predicted octanol–water partition coefficient (Wildman–Crippen LogP) is 2.15. The second-order valence-electron chi connectivity index (χ2n) is 6.43. The van der Waals surface area contributed by atoms with Crippen molar-refractivity contribution in [3.63, 3.8) is 0 Å². The fraction of sp³-hybridized carbons (Fsp3) is 0.316. The first kappa shape index (κ1) is 20.3. The first-order valence-electron chi connectivity index (χ1n) is 8.62. The number of amides is 1. The molecule has 3 rings (SSSR count). The third kappa shape index (κ3) is 4.02. The molecule has 0 aliphatic carbocycles. The molecule has 1 aliphatic heterocycles. The van der Waals surface area contributed by atoms with Gasteiger partial charge >= 0.3 is 0 Å². The average molecular weight is 407 g/mol. The summed E-state index contributed by atoms with van der Waals surface area (Å²) < 4.78 is 36.4. The third-order valence-electron chi connectivity index (χ3n) is 4.81. The van der Waals surface area contributed by atoms with E-state index in [1.807, 2.05) is 24.3 Å². The number of carbonyl (C=O) groups excluding carboxylic acids is 1. The van der Waals surface area contributed by atoms with E-state index >= 15 is 0 Å². The van der Waals surface area contributed by atoms with Crippen LogP contribution in [0.4, 0.5) is 0 Å². The molecule has 0 saturated carbocycles. The number of hydrogen-bond donors (Lipinski definition) is 2. The van der Waals surface area contributed by atoms with E-state index < -0.39 is 32.1 Å². The molecule has 9 heteroatoms.